The Morgan fingerprint density at radius 2 is 2.06 bits per heavy atom. The molecule has 3 rings (SSSR count). The normalized spacial score (nSPS) is 12.8. The third-order valence-corrected chi connectivity index (χ3v) is 6.25. The molecular formula is C21H25N5O3S2. The maximum Gasteiger partial charge on any atom is 0.239 e. The molecule has 1 N–H and O–H groups in total. The quantitative estimate of drug-likeness (QED) is 0.353. The van der Waals surface area contributed by atoms with E-state index in [1.54, 1.807) is 13.2 Å². The molecule has 0 spiro atoms. The van der Waals surface area contributed by atoms with E-state index >= 15 is 0 Å². The Morgan fingerprint density at radius 1 is 1.32 bits per heavy atom. The molecule has 164 valence electrons. The topological polar surface area (TPSA) is 91.2 Å². The van der Waals surface area contributed by atoms with Gasteiger partial charge in [0, 0.05) is 11.9 Å². The Hall–Kier alpha value is -2.85. The van der Waals surface area contributed by atoms with Gasteiger partial charge in [0.25, 0.3) is 0 Å². The first-order valence-electron chi connectivity index (χ1n) is 9.66. The van der Waals surface area contributed by atoms with Crippen molar-refractivity contribution in [2.24, 2.45) is 0 Å². The molecule has 2 aromatic heterocycles. The van der Waals surface area contributed by atoms with Gasteiger partial charge in [0.1, 0.15) is 0 Å². The molecule has 2 unspecified atom stereocenters. The van der Waals surface area contributed by atoms with Crippen LogP contribution in [0.5, 0.6) is 11.5 Å². The van der Waals surface area contributed by atoms with Gasteiger partial charge in [0.05, 0.1) is 18.1 Å². The summed E-state index contributed by atoms with van der Waals surface area (Å²) in [5, 5.41) is 14.2. The molecule has 31 heavy (non-hydrogen) atoms. The first kappa shape index (κ1) is 22.8. The summed E-state index contributed by atoms with van der Waals surface area (Å²) in [6.45, 7) is 9.92. The van der Waals surface area contributed by atoms with Crippen LogP contribution in [0.15, 0.2) is 47.5 Å². The zero-order valence-corrected chi connectivity index (χ0v) is 19.5. The third-order valence-electron chi connectivity index (χ3n) is 4.29. The van der Waals surface area contributed by atoms with E-state index in [0.29, 0.717) is 34.2 Å². The number of amides is 1. The van der Waals surface area contributed by atoms with Crippen LogP contribution >= 0.6 is 23.1 Å². The molecular weight excluding hydrogens is 434 g/mol. The summed E-state index contributed by atoms with van der Waals surface area (Å²) in [5.41, 5.74) is 0.875. The van der Waals surface area contributed by atoms with Crippen molar-refractivity contribution >= 4 is 34.1 Å². The number of carbonyl (C=O) groups is 1. The van der Waals surface area contributed by atoms with E-state index in [9.17, 15) is 4.79 Å². The third kappa shape index (κ3) is 5.65. The molecule has 0 saturated carbocycles. The summed E-state index contributed by atoms with van der Waals surface area (Å²) >= 11 is 2.72. The highest BCUT2D eigenvalue weighted by atomic mass is 32.2. The molecule has 0 saturated heterocycles. The number of allylic oxidation sites excluding steroid dienone is 1. The van der Waals surface area contributed by atoms with Gasteiger partial charge in [-0.25, -0.2) is 4.98 Å². The number of thioether (sulfide) groups is 1. The Bertz CT molecular complexity index is 1050. The average Bonchev–Trinajstić information content (AvgIpc) is 3.34. The SMILES string of the molecule is C=CCn1c(SC(C)C(=O)Nc2nc(C)cs2)nnc1C(C)Oc1ccccc1OC. The largest absolute Gasteiger partial charge is 0.493 e. The highest BCUT2D eigenvalue weighted by Gasteiger charge is 2.24. The minimum absolute atomic E-state index is 0.146. The fraction of sp³-hybridized carbons (Fsp3) is 0.333. The number of aryl methyl sites for hydroxylation is 1. The fourth-order valence-corrected chi connectivity index (χ4v) is 4.33. The van der Waals surface area contributed by atoms with Gasteiger partial charge in [-0.05, 0) is 32.9 Å². The highest BCUT2D eigenvalue weighted by Crippen LogP contribution is 2.32. The number of aromatic nitrogens is 4. The van der Waals surface area contributed by atoms with Crippen LogP contribution in [-0.2, 0) is 11.3 Å². The summed E-state index contributed by atoms with van der Waals surface area (Å²) in [6.07, 6.45) is 1.37. The van der Waals surface area contributed by atoms with Crippen molar-refractivity contribution in [3.63, 3.8) is 0 Å². The van der Waals surface area contributed by atoms with E-state index in [2.05, 4.69) is 27.1 Å². The van der Waals surface area contributed by atoms with Crippen LogP contribution in [0.1, 0.15) is 31.5 Å². The van der Waals surface area contributed by atoms with Gasteiger partial charge in [-0.3, -0.25) is 9.36 Å². The number of rotatable bonds is 10. The van der Waals surface area contributed by atoms with Gasteiger partial charge in [-0.15, -0.1) is 28.1 Å². The number of nitrogens with zero attached hydrogens (tertiary/aromatic N) is 4. The zero-order chi connectivity index (χ0) is 22.4. The summed E-state index contributed by atoms with van der Waals surface area (Å²) in [6, 6.07) is 7.43. The summed E-state index contributed by atoms with van der Waals surface area (Å²) in [7, 11) is 1.60. The van der Waals surface area contributed by atoms with E-state index in [1.165, 1.54) is 23.1 Å². The van der Waals surface area contributed by atoms with Crippen molar-refractivity contribution in [3.8, 4) is 11.5 Å². The Balaban J connectivity index is 1.74. The number of nitrogens with one attached hydrogen (secondary N) is 1. The van der Waals surface area contributed by atoms with Crippen molar-refractivity contribution in [2.45, 2.75) is 43.8 Å². The number of hydrogen-bond acceptors (Lipinski definition) is 8. The lowest BCUT2D eigenvalue weighted by atomic mass is 10.3. The Kier molecular flexibility index (Phi) is 7.69. The second kappa shape index (κ2) is 10.5. The second-order valence-electron chi connectivity index (χ2n) is 6.69. The minimum Gasteiger partial charge on any atom is -0.493 e. The van der Waals surface area contributed by atoms with Crippen LogP contribution in [-0.4, -0.2) is 38.0 Å². The molecule has 2 atom stereocenters. The van der Waals surface area contributed by atoms with E-state index in [4.69, 9.17) is 9.47 Å². The molecule has 2 heterocycles. The number of methoxy groups -OCH3 is 1. The van der Waals surface area contributed by atoms with Gasteiger partial charge in [0.2, 0.25) is 5.91 Å². The first-order valence-corrected chi connectivity index (χ1v) is 11.4. The lowest BCUT2D eigenvalue weighted by Crippen LogP contribution is -2.23. The number of hydrogen-bond donors (Lipinski definition) is 1. The van der Waals surface area contributed by atoms with Crippen LogP contribution in [0.2, 0.25) is 0 Å². The van der Waals surface area contributed by atoms with E-state index < -0.39 is 5.25 Å². The van der Waals surface area contributed by atoms with Crippen molar-refractivity contribution in [1.82, 2.24) is 19.7 Å². The minimum atomic E-state index is -0.393. The van der Waals surface area contributed by atoms with Crippen LogP contribution in [0.4, 0.5) is 5.13 Å². The fourth-order valence-electron chi connectivity index (χ4n) is 2.78. The summed E-state index contributed by atoms with van der Waals surface area (Å²) < 4.78 is 13.3. The van der Waals surface area contributed by atoms with Gasteiger partial charge in [-0.1, -0.05) is 30.0 Å². The smallest absolute Gasteiger partial charge is 0.239 e. The lowest BCUT2D eigenvalue weighted by molar-refractivity contribution is -0.115. The van der Waals surface area contributed by atoms with E-state index in [1.807, 2.05) is 55.0 Å². The zero-order valence-electron chi connectivity index (χ0n) is 17.9. The van der Waals surface area contributed by atoms with Crippen molar-refractivity contribution in [1.29, 1.82) is 0 Å². The van der Waals surface area contributed by atoms with Gasteiger partial charge < -0.3 is 14.8 Å². The Morgan fingerprint density at radius 3 is 2.71 bits per heavy atom. The Labute approximate surface area is 189 Å². The van der Waals surface area contributed by atoms with Crippen LogP contribution in [0, 0.1) is 6.92 Å². The van der Waals surface area contributed by atoms with Crippen molar-refractivity contribution in [3.05, 3.63) is 53.8 Å². The molecule has 10 heteroatoms. The first-order chi connectivity index (χ1) is 14.9. The van der Waals surface area contributed by atoms with Crippen LogP contribution in [0.25, 0.3) is 0 Å². The van der Waals surface area contributed by atoms with Gasteiger partial charge >= 0.3 is 0 Å². The predicted molar refractivity (Wildman–Crippen MR) is 123 cm³/mol. The van der Waals surface area contributed by atoms with Crippen molar-refractivity contribution < 1.29 is 14.3 Å². The molecule has 0 fully saturated rings. The predicted octanol–water partition coefficient (Wildman–Crippen LogP) is 4.50. The number of benzene rings is 1. The number of carbonyl (C=O) groups excluding carboxylic acids is 1. The molecule has 0 bridgehead atoms. The van der Waals surface area contributed by atoms with Crippen LogP contribution in [0.3, 0.4) is 0 Å². The number of anilines is 1. The number of thiazole rings is 1. The van der Waals surface area contributed by atoms with E-state index in [-0.39, 0.29) is 12.0 Å². The lowest BCUT2D eigenvalue weighted by Gasteiger charge is -2.18. The monoisotopic (exact) mass is 459 g/mol. The standard InChI is InChI=1S/C21H25N5O3S2/c1-6-11-26-18(14(3)29-17-10-8-7-9-16(17)28-5)24-25-21(26)31-15(4)19(27)23-20-22-13(2)12-30-20/h6-10,12,14-15H,1,11H2,2-5H3,(H,22,23,27). The average molecular weight is 460 g/mol. The second-order valence-corrected chi connectivity index (χ2v) is 8.86. The van der Waals surface area contributed by atoms with E-state index in [0.717, 1.165) is 5.69 Å². The van der Waals surface area contributed by atoms with Crippen LogP contribution < -0.4 is 14.8 Å². The molecule has 0 radical (unpaired) electrons. The molecule has 0 aliphatic rings. The number of ether oxygens (including phenoxy) is 2. The molecule has 8 nitrogen and oxygen atoms in total. The van der Waals surface area contributed by atoms with Gasteiger partial charge in [0.15, 0.2) is 33.7 Å². The summed E-state index contributed by atoms with van der Waals surface area (Å²) in [5.74, 6) is 1.75. The highest BCUT2D eigenvalue weighted by molar-refractivity contribution is 8.00. The molecule has 0 aliphatic carbocycles. The summed E-state index contributed by atoms with van der Waals surface area (Å²) in [4.78, 5) is 16.8. The molecule has 1 amide bonds. The molecule has 3 aromatic rings. The van der Waals surface area contributed by atoms with Crippen molar-refractivity contribution in [2.75, 3.05) is 12.4 Å². The molecule has 0 aliphatic heterocycles. The molecule has 1 aromatic carbocycles. The van der Waals surface area contributed by atoms with Gasteiger partial charge in [-0.2, -0.15) is 0 Å². The maximum absolute atomic E-state index is 12.6. The maximum atomic E-state index is 12.6. The number of para-hydroxylation sites is 2.